The summed E-state index contributed by atoms with van der Waals surface area (Å²) in [6.45, 7) is 0.244. The third-order valence-corrected chi connectivity index (χ3v) is 1.59. The van der Waals surface area contributed by atoms with Crippen molar-refractivity contribution in [3.05, 3.63) is 29.8 Å². The van der Waals surface area contributed by atoms with Gasteiger partial charge in [0.05, 0.1) is 0 Å². The number of nitrogens with one attached hydrogen (secondary N) is 1. The number of rotatable bonds is 5. The van der Waals surface area contributed by atoms with Crippen molar-refractivity contribution in [3.63, 3.8) is 0 Å². The first-order chi connectivity index (χ1) is 6.72. The molecule has 0 saturated carbocycles. The van der Waals surface area contributed by atoms with E-state index < -0.39 is 5.91 Å². The van der Waals surface area contributed by atoms with Crippen LogP contribution in [0.5, 0.6) is 5.75 Å². The third-order valence-electron chi connectivity index (χ3n) is 1.59. The van der Waals surface area contributed by atoms with Crippen LogP contribution in [-0.2, 0) is 11.3 Å². The summed E-state index contributed by atoms with van der Waals surface area (Å²) < 4.78 is 5.04. The quantitative estimate of drug-likeness (QED) is 0.580. The minimum Gasteiger partial charge on any atom is -0.484 e. The molecule has 1 aromatic carbocycles. The van der Waals surface area contributed by atoms with Crippen LogP contribution >= 0.6 is 0 Å². The van der Waals surface area contributed by atoms with Crippen LogP contribution < -0.4 is 16.0 Å². The van der Waals surface area contributed by atoms with E-state index in [0.717, 1.165) is 5.56 Å². The minimum absolute atomic E-state index is 0.127. The van der Waals surface area contributed by atoms with Crippen LogP contribution in [0.3, 0.4) is 0 Å². The second-order valence-electron chi connectivity index (χ2n) is 2.73. The highest BCUT2D eigenvalue weighted by Gasteiger charge is 1.97. The zero-order valence-corrected chi connectivity index (χ0v) is 7.56. The zero-order chi connectivity index (χ0) is 10.4. The predicted octanol–water partition coefficient (Wildman–Crippen LogP) is 0.0295. The number of carbonyl (C=O) groups is 1. The van der Waals surface area contributed by atoms with Gasteiger partial charge in [0.25, 0.3) is 5.91 Å². The van der Waals surface area contributed by atoms with Crippen molar-refractivity contribution in [1.82, 2.24) is 5.48 Å². The molecule has 1 amide bonds. The molecule has 1 aromatic rings. The van der Waals surface area contributed by atoms with Crippen molar-refractivity contribution in [2.75, 3.05) is 6.61 Å². The van der Waals surface area contributed by atoms with Crippen LogP contribution in [0.2, 0.25) is 0 Å². The van der Waals surface area contributed by atoms with Gasteiger partial charge in [-0.1, -0.05) is 12.1 Å². The topological polar surface area (TPSA) is 84.6 Å². The lowest BCUT2D eigenvalue weighted by atomic mass is 10.2. The Morgan fingerprint density at radius 3 is 2.57 bits per heavy atom. The highest BCUT2D eigenvalue weighted by Crippen LogP contribution is 2.11. The molecule has 1 rings (SSSR count). The number of amides is 1. The molecule has 0 aromatic heterocycles. The van der Waals surface area contributed by atoms with Gasteiger partial charge in [-0.2, -0.15) is 0 Å². The largest absolute Gasteiger partial charge is 0.484 e. The molecule has 5 nitrogen and oxygen atoms in total. The molecule has 5 heteroatoms. The number of hydrogen-bond donors (Lipinski definition) is 3. The van der Waals surface area contributed by atoms with Crippen LogP contribution in [0.1, 0.15) is 5.56 Å². The average Bonchev–Trinajstić information content (AvgIpc) is 2.17. The van der Waals surface area contributed by atoms with E-state index in [0.29, 0.717) is 12.3 Å². The van der Waals surface area contributed by atoms with Crippen LogP contribution in [0.25, 0.3) is 0 Å². The van der Waals surface area contributed by atoms with Crippen molar-refractivity contribution >= 4 is 5.91 Å². The molecule has 0 radical (unpaired) electrons. The molecule has 0 bridgehead atoms. The number of benzene rings is 1. The van der Waals surface area contributed by atoms with Gasteiger partial charge < -0.3 is 15.7 Å². The Morgan fingerprint density at radius 2 is 2.07 bits per heavy atom. The number of ether oxygens (including phenoxy) is 1. The second kappa shape index (κ2) is 5.21. The SMILES string of the molecule is NC(=O)COc1ccc(CNO)cc1. The van der Waals surface area contributed by atoms with Gasteiger partial charge in [-0.05, 0) is 17.7 Å². The molecule has 14 heavy (non-hydrogen) atoms. The second-order valence-corrected chi connectivity index (χ2v) is 2.73. The monoisotopic (exact) mass is 196 g/mol. The highest BCUT2D eigenvalue weighted by atomic mass is 16.5. The van der Waals surface area contributed by atoms with Crippen LogP contribution in [0.15, 0.2) is 24.3 Å². The summed E-state index contributed by atoms with van der Waals surface area (Å²) in [5.74, 6) is 0.0663. The van der Waals surface area contributed by atoms with E-state index >= 15 is 0 Å². The number of primary amides is 1. The zero-order valence-electron chi connectivity index (χ0n) is 7.56. The maximum atomic E-state index is 10.4. The fourth-order valence-electron chi connectivity index (χ4n) is 0.949. The molecule has 0 saturated heterocycles. The Morgan fingerprint density at radius 1 is 1.43 bits per heavy atom. The van der Waals surface area contributed by atoms with E-state index in [9.17, 15) is 4.79 Å². The van der Waals surface area contributed by atoms with Gasteiger partial charge in [0.1, 0.15) is 5.75 Å². The first-order valence-electron chi connectivity index (χ1n) is 4.09. The summed E-state index contributed by atoms with van der Waals surface area (Å²) in [6, 6.07) is 6.96. The van der Waals surface area contributed by atoms with Crippen LogP contribution in [0.4, 0.5) is 0 Å². The third kappa shape index (κ3) is 3.42. The van der Waals surface area contributed by atoms with E-state index in [2.05, 4.69) is 0 Å². The van der Waals surface area contributed by atoms with E-state index in [1.165, 1.54) is 0 Å². The predicted molar refractivity (Wildman–Crippen MR) is 49.8 cm³/mol. The number of hydroxylamine groups is 1. The molecule has 0 unspecified atom stereocenters. The van der Waals surface area contributed by atoms with Crippen molar-refractivity contribution in [2.24, 2.45) is 5.73 Å². The molecular weight excluding hydrogens is 184 g/mol. The molecule has 0 spiro atoms. The lowest BCUT2D eigenvalue weighted by Gasteiger charge is -2.04. The van der Waals surface area contributed by atoms with Crippen molar-refractivity contribution in [2.45, 2.75) is 6.54 Å². The van der Waals surface area contributed by atoms with Crippen LogP contribution in [-0.4, -0.2) is 17.7 Å². The molecule has 0 heterocycles. The fourth-order valence-corrected chi connectivity index (χ4v) is 0.949. The van der Waals surface area contributed by atoms with Crippen molar-refractivity contribution in [1.29, 1.82) is 0 Å². The van der Waals surface area contributed by atoms with Crippen LogP contribution in [0, 0.1) is 0 Å². The number of carbonyl (C=O) groups excluding carboxylic acids is 1. The lowest BCUT2D eigenvalue weighted by Crippen LogP contribution is -2.20. The van der Waals surface area contributed by atoms with Gasteiger partial charge in [-0.3, -0.25) is 4.79 Å². The standard InChI is InChI=1S/C9H12N2O3/c10-9(12)6-14-8-3-1-7(2-4-8)5-11-13/h1-4,11,13H,5-6H2,(H2,10,12). The summed E-state index contributed by atoms with van der Waals surface area (Å²) in [5.41, 5.74) is 7.87. The summed E-state index contributed by atoms with van der Waals surface area (Å²) >= 11 is 0. The molecule has 0 aliphatic rings. The van der Waals surface area contributed by atoms with Gasteiger partial charge >= 0.3 is 0 Å². The highest BCUT2D eigenvalue weighted by molar-refractivity contribution is 5.75. The van der Waals surface area contributed by atoms with Crippen molar-refractivity contribution in [3.8, 4) is 5.75 Å². The molecule has 4 N–H and O–H groups in total. The molecule has 0 aliphatic carbocycles. The molecule has 76 valence electrons. The Kier molecular flexibility index (Phi) is 3.90. The van der Waals surface area contributed by atoms with E-state index in [1.54, 1.807) is 24.3 Å². The molecule has 0 aliphatic heterocycles. The molecule has 0 fully saturated rings. The van der Waals surface area contributed by atoms with E-state index in [4.69, 9.17) is 15.7 Å². The Balaban J connectivity index is 2.50. The van der Waals surface area contributed by atoms with E-state index in [-0.39, 0.29) is 6.61 Å². The summed E-state index contributed by atoms with van der Waals surface area (Å²) in [4.78, 5) is 10.4. The average molecular weight is 196 g/mol. The first kappa shape index (κ1) is 10.5. The lowest BCUT2D eigenvalue weighted by molar-refractivity contribution is -0.119. The van der Waals surface area contributed by atoms with Gasteiger partial charge in [0, 0.05) is 6.54 Å². The minimum atomic E-state index is -0.508. The van der Waals surface area contributed by atoms with Gasteiger partial charge in [-0.15, -0.1) is 0 Å². The summed E-state index contributed by atoms with van der Waals surface area (Å²) in [6.07, 6.45) is 0. The Hall–Kier alpha value is -1.59. The maximum absolute atomic E-state index is 10.4. The Labute approximate surface area is 81.4 Å². The number of nitrogens with two attached hydrogens (primary N) is 1. The van der Waals surface area contributed by atoms with Gasteiger partial charge in [0.15, 0.2) is 6.61 Å². The smallest absolute Gasteiger partial charge is 0.255 e. The van der Waals surface area contributed by atoms with Gasteiger partial charge in [0.2, 0.25) is 0 Å². The maximum Gasteiger partial charge on any atom is 0.255 e. The summed E-state index contributed by atoms with van der Waals surface area (Å²) in [7, 11) is 0. The normalized spacial score (nSPS) is 9.79. The van der Waals surface area contributed by atoms with Gasteiger partial charge in [-0.25, -0.2) is 5.48 Å². The van der Waals surface area contributed by atoms with Crippen molar-refractivity contribution < 1.29 is 14.7 Å². The van der Waals surface area contributed by atoms with E-state index in [1.807, 2.05) is 5.48 Å². The Bertz CT molecular complexity index is 297. The summed E-state index contributed by atoms with van der Waals surface area (Å²) in [5, 5.41) is 8.42. The first-order valence-corrected chi connectivity index (χ1v) is 4.09. The fraction of sp³-hybridized carbons (Fsp3) is 0.222. The number of hydrogen-bond acceptors (Lipinski definition) is 4. The molecule has 0 atom stereocenters. The molecular formula is C9H12N2O3.